The number of hydrogen-bond donors (Lipinski definition) is 2. The molecule has 102 valence electrons. The minimum Gasteiger partial charge on any atom is -0.335 e. The number of nitrogens with zero attached hydrogens (tertiary/aromatic N) is 3. The van der Waals surface area contributed by atoms with Gasteiger partial charge in [-0.05, 0) is 41.8 Å². The molecule has 0 aliphatic carbocycles. The zero-order valence-electron chi connectivity index (χ0n) is 10.6. The van der Waals surface area contributed by atoms with E-state index in [0.717, 1.165) is 40.5 Å². The van der Waals surface area contributed by atoms with Crippen LogP contribution in [0.5, 0.6) is 0 Å². The van der Waals surface area contributed by atoms with Crippen molar-refractivity contribution in [3.63, 3.8) is 0 Å². The predicted octanol–water partition coefficient (Wildman–Crippen LogP) is 2.61. The Hall–Kier alpha value is -0.920. The summed E-state index contributed by atoms with van der Waals surface area (Å²) in [7, 11) is 0. The highest BCUT2D eigenvalue weighted by Crippen LogP contribution is 2.28. The highest BCUT2D eigenvalue weighted by molar-refractivity contribution is 9.11. The highest BCUT2D eigenvalue weighted by atomic mass is 79.9. The Kier molecular flexibility index (Phi) is 3.60. The maximum Gasteiger partial charge on any atom is 0.245 e. The van der Waals surface area contributed by atoms with Crippen LogP contribution in [0.15, 0.2) is 15.2 Å². The van der Waals surface area contributed by atoms with Crippen molar-refractivity contribution in [1.29, 1.82) is 0 Å². The quantitative estimate of drug-likeness (QED) is 0.880. The molecule has 1 fully saturated rings. The van der Waals surface area contributed by atoms with Crippen molar-refractivity contribution in [3.8, 4) is 11.4 Å². The standard InChI is InChI=1S/C12H16BrN5S/c1-7-9(14)3-2-4-18(7)12-15-11(16-17-12)8-5-10(13)19-6-8/h5-7,9H,2-4,14H2,1H3,(H,15,16,17). The van der Waals surface area contributed by atoms with Gasteiger partial charge in [0, 0.05) is 29.6 Å². The molecule has 2 unspecified atom stereocenters. The fourth-order valence-electron chi connectivity index (χ4n) is 2.40. The number of anilines is 1. The zero-order valence-corrected chi connectivity index (χ0v) is 13.0. The van der Waals surface area contributed by atoms with E-state index in [0.29, 0.717) is 0 Å². The molecule has 0 amide bonds. The van der Waals surface area contributed by atoms with Crippen molar-refractivity contribution in [3.05, 3.63) is 15.2 Å². The molecule has 19 heavy (non-hydrogen) atoms. The van der Waals surface area contributed by atoms with Crippen LogP contribution in [0.1, 0.15) is 19.8 Å². The van der Waals surface area contributed by atoms with Gasteiger partial charge in [0.25, 0.3) is 0 Å². The lowest BCUT2D eigenvalue weighted by atomic mass is 9.99. The summed E-state index contributed by atoms with van der Waals surface area (Å²) in [6.45, 7) is 3.11. The largest absolute Gasteiger partial charge is 0.335 e. The minimum absolute atomic E-state index is 0.200. The van der Waals surface area contributed by atoms with E-state index in [4.69, 9.17) is 5.73 Å². The molecule has 0 aromatic carbocycles. The molecule has 0 spiro atoms. The molecule has 1 aliphatic heterocycles. The van der Waals surface area contributed by atoms with E-state index in [9.17, 15) is 0 Å². The SMILES string of the molecule is CC1C(N)CCCN1c1n[nH]c(-c2csc(Br)c2)n1. The van der Waals surface area contributed by atoms with Gasteiger partial charge in [0.15, 0.2) is 5.82 Å². The summed E-state index contributed by atoms with van der Waals surface area (Å²) in [5.74, 6) is 1.56. The normalized spacial score (nSPS) is 23.8. The van der Waals surface area contributed by atoms with Crippen LogP contribution < -0.4 is 10.6 Å². The molecule has 3 rings (SSSR count). The summed E-state index contributed by atoms with van der Waals surface area (Å²) in [5.41, 5.74) is 7.18. The van der Waals surface area contributed by atoms with Crippen LogP contribution in [0, 0.1) is 0 Å². The van der Waals surface area contributed by atoms with E-state index in [1.165, 1.54) is 0 Å². The van der Waals surface area contributed by atoms with Crippen LogP contribution in [-0.4, -0.2) is 33.8 Å². The van der Waals surface area contributed by atoms with Crippen LogP contribution in [0.3, 0.4) is 0 Å². The minimum atomic E-state index is 0.200. The van der Waals surface area contributed by atoms with Crippen molar-refractivity contribution in [1.82, 2.24) is 15.2 Å². The molecule has 1 aliphatic rings. The molecule has 0 radical (unpaired) electrons. The summed E-state index contributed by atoms with van der Waals surface area (Å²) >= 11 is 5.10. The van der Waals surface area contributed by atoms with Gasteiger partial charge in [-0.25, -0.2) is 0 Å². The fourth-order valence-corrected chi connectivity index (χ4v) is 3.54. The summed E-state index contributed by atoms with van der Waals surface area (Å²) in [6.07, 6.45) is 2.17. The van der Waals surface area contributed by atoms with Gasteiger partial charge >= 0.3 is 0 Å². The average molecular weight is 342 g/mol. The average Bonchev–Trinajstić information content (AvgIpc) is 3.01. The number of nitrogens with two attached hydrogens (primary N) is 1. The van der Waals surface area contributed by atoms with E-state index < -0.39 is 0 Å². The number of thiophene rings is 1. The third-order valence-electron chi connectivity index (χ3n) is 3.62. The van der Waals surface area contributed by atoms with Crippen LogP contribution in [0.2, 0.25) is 0 Å². The summed E-state index contributed by atoms with van der Waals surface area (Å²) in [4.78, 5) is 6.78. The Labute approximate surface area is 124 Å². The van der Waals surface area contributed by atoms with Crippen LogP contribution in [-0.2, 0) is 0 Å². The smallest absolute Gasteiger partial charge is 0.245 e. The molecule has 2 atom stereocenters. The first kappa shape index (κ1) is 13.1. The molecule has 2 aromatic rings. The van der Waals surface area contributed by atoms with E-state index >= 15 is 0 Å². The Bertz CT molecular complexity index is 566. The van der Waals surface area contributed by atoms with Crippen molar-refractivity contribution >= 4 is 33.2 Å². The molecule has 0 saturated carbocycles. The Morgan fingerprint density at radius 2 is 2.42 bits per heavy atom. The second-order valence-corrected chi connectivity index (χ2v) is 7.15. The summed E-state index contributed by atoms with van der Waals surface area (Å²) in [5, 5.41) is 9.40. The van der Waals surface area contributed by atoms with E-state index in [-0.39, 0.29) is 12.1 Å². The number of halogens is 1. The lowest BCUT2D eigenvalue weighted by molar-refractivity contribution is 0.416. The van der Waals surface area contributed by atoms with Crippen molar-refractivity contribution in [2.75, 3.05) is 11.4 Å². The van der Waals surface area contributed by atoms with Gasteiger partial charge < -0.3 is 10.6 Å². The fraction of sp³-hybridized carbons (Fsp3) is 0.500. The number of piperidine rings is 1. The molecule has 1 saturated heterocycles. The maximum atomic E-state index is 6.12. The number of hydrogen-bond acceptors (Lipinski definition) is 5. The predicted molar refractivity (Wildman–Crippen MR) is 81.4 cm³/mol. The molecule has 7 heteroatoms. The molecule has 3 N–H and O–H groups in total. The number of nitrogens with one attached hydrogen (secondary N) is 1. The van der Waals surface area contributed by atoms with E-state index in [1.807, 2.05) is 6.07 Å². The summed E-state index contributed by atoms with van der Waals surface area (Å²) < 4.78 is 1.09. The molecular weight excluding hydrogens is 326 g/mol. The number of aromatic amines is 1. The Morgan fingerprint density at radius 3 is 3.16 bits per heavy atom. The van der Waals surface area contributed by atoms with Crippen molar-refractivity contribution < 1.29 is 0 Å². The van der Waals surface area contributed by atoms with Gasteiger partial charge in [-0.1, -0.05) is 0 Å². The molecule has 2 aromatic heterocycles. The highest BCUT2D eigenvalue weighted by Gasteiger charge is 2.27. The number of H-pyrrole nitrogens is 1. The van der Waals surface area contributed by atoms with Crippen LogP contribution in [0.4, 0.5) is 5.95 Å². The first-order valence-corrected chi connectivity index (χ1v) is 8.01. The van der Waals surface area contributed by atoms with Crippen molar-refractivity contribution in [2.45, 2.75) is 31.8 Å². The van der Waals surface area contributed by atoms with E-state index in [2.05, 4.69) is 48.3 Å². The van der Waals surface area contributed by atoms with Crippen LogP contribution in [0.25, 0.3) is 11.4 Å². The van der Waals surface area contributed by atoms with Gasteiger partial charge in [-0.2, -0.15) is 4.98 Å². The molecule has 3 heterocycles. The Morgan fingerprint density at radius 1 is 1.58 bits per heavy atom. The molecule has 5 nitrogen and oxygen atoms in total. The first-order valence-electron chi connectivity index (χ1n) is 6.34. The topological polar surface area (TPSA) is 70.8 Å². The second kappa shape index (κ2) is 5.22. The third kappa shape index (κ3) is 2.54. The van der Waals surface area contributed by atoms with Crippen LogP contribution >= 0.6 is 27.3 Å². The monoisotopic (exact) mass is 341 g/mol. The lowest BCUT2D eigenvalue weighted by Crippen LogP contribution is -2.50. The maximum absolute atomic E-state index is 6.12. The number of rotatable bonds is 2. The van der Waals surface area contributed by atoms with Crippen molar-refractivity contribution in [2.24, 2.45) is 5.73 Å². The second-order valence-electron chi connectivity index (χ2n) is 4.86. The molecule has 0 bridgehead atoms. The summed E-state index contributed by atoms with van der Waals surface area (Å²) in [6, 6.07) is 2.53. The molecular formula is C12H16BrN5S. The van der Waals surface area contributed by atoms with Gasteiger partial charge in [-0.3, -0.25) is 5.10 Å². The first-order chi connectivity index (χ1) is 9.15. The van der Waals surface area contributed by atoms with Gasteiger partial charge in [-0.15, -0.1) is 16.4 Å². The van der Waals surface area contributed by atoms with Gasteiger partial charge in [0.2, 0.25) is 5.95 Å². The Balaban J connectivity index is 1.84. The third-order valence-corrected chi connectivity index (χ3v) is 5.12. The van der Waals surface area contributed by atoms with E-state index in [1.54, 1.807) is 11.3 Å². The lowest BCUT2D eigenvalue weighted by Gasteiger charge is -2.36. The van der Waals surface area contributed by atoms with Gasteiger partial charge in [0.05, 0.1) is 3.79 Å². The number of aromatic nitrogens is 3. The zero-order chi connectivity index (χ0) is 13.4. The van der Waals surface area contributed by atoms with Gasteiger partial charge in [0.1, 0.15) is 0 Å².